The van der Waals surface area contributed by atoms with Gasteiger partial charge in [0.1, 0.15) is 0 Å². The Morgan fingerprint density at radius 1 is 1.00 bits per heavy atom. The summed E-state index contributed by atoms with van der Waals surface area (Å²) in [6.45, 7) is 5.85. The summed E-state index contributed by atoms with van der Waals surface area (Å²) in [5, 5.41) is 0.698. The maximum atomic E-state index is 6.32. The summed E-state index contributed by atoms with van der Waals surface area (Å²) < 4.78 is 16.5. The van der Waals surface area contributed by atoms with E-state index in [2.05, 4.69) is 42.3 Å². The number of hydrogen-bond donors (Lipinski definition) is 2. The fourth-order valence-electron chi connectivity index (χ4n) is 3.98. The predicted octanol–water partition coefficient (Wildman–Crippen LogP) is 3.05. The van der Waals surface area contributed by atoms with Gasteiger partial charge in [-0.15, -0.1) is 0 Å². The van der Waals surface area contributed by atoms with Gasteiger partial charge in [-0.1, -0.05) is 35.9 Å². The lowest BCUT2D eigenvalue weighted by atomic mass is 9.83. The van der Waals surface area contributed by atoms with Crippen LogP contribution in [-0.2, 0) is 27.2 Å². The summed E-state index contributed by atoms with van der Waals surface area (Å²) in [5.74, 6) is 0.255. The van der Waals surface area contributed by atoms with Gasteiger partial charge >= 0.3 is 0 Å². The zero-order valence-electron chi connectivity index (χ0n) is 18.3. The molecule has 1 atom stereocenters. The molecule has 1 aliphatic heterocycles. The molecule has 0 fully saturated rings. The van der Waals surface area contributed by atoms with Crippen LogP contribution in [0, 0.1) is 0 Å². The van der Waals surface area contributed by atoms with Crippen molar-refractivity contribution in [2.24, 2.45) is 5.73 Å². The van der Waals surface area contributed by atoms with E-state index in [1.54, 1.807) is 0 Å². The molecule has 2 aromatic carbocycles. The van der Waals surface area contributed by atoms with E-state index in [1.165, 1.54) is 22.3 Å². The Labute approximate surface area is 190 Å². The van der Waals surface area contributed by atoms with Crippen LogP contribution in [0.15, 0.2) is 36.4 Å². The summed E-state index contributed by atoms with van der Waals surface area (Å²) in [6.07, 6.45) is 0.862. The van der Waals surface area contributed by atoms with Crippen molar-refractivity contribution in [3.05, 3.63) is 63.7 Å². The van der Waals surface area contributed by atoms with Crippen LogP contribution < -0.4 is 11.5 Å². The first-order chi connectivity index (χ1) is 15.1. The summed E-state index contributed by atoms with van der Waals surface area (Å²) in [4.78, 5) is 2.31. The fourth-order valence-corrected chi connectivity index (χ4v) is 4.22. The van der Waals surface area contributed by atoms with Crippen LogP contribution in [0.4, 0.5) is 5.69 Å². The molecule has 31 heavy (non-hydrogen) atoms. The van der Waals surface area contributed by atoms with E-state index in [-0.39, 0.29) is 5.92 Å². The molecule has 1 unspecified atom stereocenters. The van der Waals surface area contributed by atoms with Gasteiger partial charge in [-0.25, -0.2) is 0 Å². The molecule has 0 saturated heterocycles. The first-order valence-electron chi connectivity index (χ1n) is 10.9. The van der Waals surface area contributed by atoms with Gasteiger partial charge < -0.3 is 30.6 Å². The average Bonchev–Trinajstić information content (AvgIpc) is 2.75. The van der Waals surface area contributed by atoms with Gasteiger partial charge in [0.05, 0.1) is 39.6 Å². The fraction of sp³-hybridized carbons (Fsp3) is 0.500. The SMILES string of the molecule is CN1Cc2c(N)cc(Cl)cc2C(c2cccc(CCOCCOCCOCCN)c2)C1. The van der Waals surface area contributed by atoms with E-state index in [0.717, 1.165) is 25.2 Å². The predicted molar refractivity (Wildman–Crippen MR) is 126 cm³/mol. The van der Waals surface area contributed by atoms with Crippen molar-refractivity contribution >= 4 is 17.3 Å². The molecule has 1 aliphatic rings. The normalized spacial score (nSPS) is 16.4. The first-order valence-corrected chi connectivity index (χ1v) is 11.2. The lowest BCUT2D eigenvalue weighted by Gasteiger charge is -2.33. The third kappa shape index (κ3) is 7.17. The lowest BCUT2D eigenvalue weighted by molar-refractivity contribution is 0.0165. The van der Waals surface area contributed by atoms with Crippen molar-refractivity contribution < 1.29 is 14.2 Å². The number of nitrogens with zero attached hydrogens (tertiary/aromatic N) is 1. The Morgan fingerprint density at radius 2 is 1.71 bits per heavy atom. The zero-order chi connectivity index (χ0) is 22.1. The van der Waals surface area contributed by atoms with E-state index in [9.17, 15) is 0 Å². The van der Waals surface area contributed by atoms with E-state index in [4.69, 9.17) is 37.3 Å². The molecule has 7 heteroatoms. The van der Waals surface area contributed by atoms with Crippen LogP contribution >= 0.6 is 11.6 Å². The molecule has 4 N–H and O–H groups in total. The molecule has 170 valence electrons. The highest BCUT2D eigenvalue weighted by atomic mass is 35.5. The first kappa shape index (κ1) is 24.0. The van der Waals surface area contributed by atoms with Gasteiger partial charge in [0.15, 0.2) is 0 Å². The molecule has 2 aromatic rings. The van der Waals surface area contributed by atoms with Crippen LogP contribution in [0.2, 0.25) is 5.02 Å². The highest BCUT2D eigenvalue weighted by molar-refractivity contribution is 6.31. The summed E-state index contributed by atoms with van der Waals surface area (Å²) in [5.41, 5.74) is 17.4. The Balaban J connectivity index is 1.51. The number of ether oxygens (including phenoxy) is 3. The quantitative estimate of drug-likeness (QED) is 0.384. The highest BCUT2D eigenvalue weighted by Crippen LogP contribution is 2.37. The van der Waals surface area contributed by atoms with Crippen molar-refractivity contribution in [1.82, 2.24) is 4.90 Å². The third-order valence-corrected chi connectivity index (χ3v) is 5.69. The molecule has 3 rings (SSSR count). The monoisotopic (exact) mass is 447 g/mol. The maximum Gasteiger partial charge on any atom is 0.0701 e. The van der Waals surface area contributed by atoms with E-state index in [0.29, 0.717) is 51.2 Å². The number of nitrogen functional groups attached to an aromatic ring is 1. The molecule has 1 heterocycles. The van der Waals surface area contributed by atoms with E-state index in [1.807, 2.05) is 6.07 Å². The second-order valence-electron chi connectivity index (χ2n) is 7.93. The van der Waals surface area contributed by atoms with Crippen molar-refractivity contribution in [2.75, 3.05) is 65.5 Å². The standard InChI is InChI=1S/C24H34ClN3O3/c1-28-16-22(21-14-20(25)15-24(27)23(21)17-28)19-4-2-3-18(13-19)5-7-29-9-11-31-12-10-30-8-6-26/h2-4,13-15,22H,5-12,16-17,26-27H2,1H3. The topological polar surface area (TPSA) is 83.0 Å². The smallest absolute Gasteiger partial charge is 0.0701 e. The molecule has 0 amide bonds. The number of hydrogen-bond acceptors (Lipinski definition) is 6. The van der Waals surface area contributed by atoms with Crippen LogP contribution in [0.1, 0.15) is 28.2 Å². The molecule has 0 aromatic heterocycles. The number of benzene rings is 2. The van der Waals surface area contributed by atoms with Gasteiger partial charge in [0.25, 0.3) is 0 Å². The minimum atomic E-state index is 0.255. The highest BCUT2D eigenvalue weighted by Gasteiger charge is 2.26. The van der Waals surface area contributed by atoms with Crippen LogP contribution in [0.3, 0.4) is 0 Å². The van der Waals surface area contributed by atoms with Crippen LogP contribution in [0.25, 0.3) is 0 Å². The number of anilines is 1. The van der Waals surface area contributed by atoms with Gasteiger partial charge in [0.2, 0.25) is 0 Å². The molecular weight excluding hydrogens is 414 g/mol. The summed E-state index contributed by atoms with van der Waals surface area (Å²) in [7, 11) is 2.13. The summed E-state index contributed by atoms with van der Waals surface area (Å²) in [6, 6.07) is 12.7. The lowest BCUT2D eigenvalue weighted by Crippen LogP contribution is -2.31. The van der Waals surface area contributed by atoms with E-state index >= 15 is 0 Å². The van der Waals surface area contributed by atoms with Crippen LogP contribution in [-0.4, -0.2) is 64.7 Å². The molecule has 0 bridgehead atoms. The molecule has 0 radical (unpaired) electrons. The number of halogens is 1. The van der Waals surface area contributed by atoms with Crippen molar-refractivity contribution in [2.45, 2.75) is 18.9 Å². The van der Waals surface area contributed by atoms with Gasteiger partial charge in [-0.2, -0.15) is 0 Å². The molecule has 0 aliphatic carbocycles. The van der Waals surface area contributed by atoms with Gasteiger partial charge in [-0.05, 0) is 47.9 Å². The molecule has 0 saturated carbocycles. The van der Waals surface area contributed by atoms with Gasteiger partial charge in [-0.3, -0.25) is 0 Å². The Bertz CT molecular complexity index is 834. The van der Waals surface area contributed by atoms with Crippen LogP contribution in [0.5, 0.6) is 0 Å². The average molecular weight is 448 g/mol. The van der Waals surface area contributed by atoms with Crippen molar-refractivity contribution in [1.29, 1.82) is 0 Å². The van der Waals surface area contributed by atoms with Gasteiger partial charge in [0, 0.05) is 36.3 Å². The second-order valence-corrected chi connectivity index (χ2v) is 8.37. The zero-order valence-corrected chi connectivity index (χ0v) is 19.1. The Morgan fingerprint density at radius 3 is 2.45 bits per heavy atom. The summed E-state index contributed by atoms with van der Waals surface area (Å²) >= 11 is 6.32. The molecule has 6 nitrogen and oxygen atoms in total. The number of fused-ring (bicyclic) bond motifs is 1. The Hall–Kier alpha value is -1.67. The molecular formula is C24H34ClN3O3. The number of nitrogens with two attached hydrogens (primary N) is 2. The van der Waals surface area contributed by atoms with E-state index < -0.39 is 0 Å². The molecule has 0 spiro atoms. The second kappa shape index (κ2) is 12.4. The minimum absolute atomic E-state index is 0.255. The van der Waals surface area contributed by atoms with Crippen molar-refractivity contribution in [3.8, 4) is 0 Å². The maximum absolute atomic E-state index is 6.32. The number of rotatable bonds is 12. The van der Waals surface area contributed by atoms with Crippen molar-refractivity contribution in [3.63, 3.8) is 0 Å². The largest absolute Gasteiger partial charge is 0.398 e. The minimum Gasteiger partial charge on any atom is -0.398 e. The number of likely N-dealkylation sites (N-methyl/N-ethyl adjacent to an activating group) is 1. The third-order valence-electron chi connectivity index (χ3n) is 5.48. The Kier molecular flexibility index (Phi) is 9.58.